The first-order valence-corrected chi connectivity index (χ1v) is 11.9. The second-order valence-corrected chi connectivity index (χ2v) is 12.4. The minimum absolute atomic E-state index is 0.278. The second-order valence-electron chi connectivity index (χ2n) is 7.01. The number of thioether (sulfide) groups is 1. The van der Waals surface area contributed by atoms with Crippen LogP contribution >= 0.6 is 11.8 Å². The number of methoxy groups -OCH3 is 1. The molecular formula is C17H24N2O3SSi. The highest BCUT2D eigenvalue weighted by Crippen LogP contribution is 2.40. The molecule has 0 saturated heterocycles. The van der Waals surface area contributed by atoms with Crippen molar-refractivity contribution in [1.82, 2.24) is 9.97 Å². The van der Waals surface area contributed by atoms with Gasteiger partial charge in [-0.15, -0.1) is 11.8 Å². The topological polar surface area (TPSA) is 72.3 Å². The van der Waals surface area contributed by atoms with E-state index < -0.39 is 14.3 Å². The summed E-state index contributed by atoms with van der Waals surface area (Å²) in [6.45, 7) is 7.86. The molecule has 0 atom stereocenters. The molecule has 0 saturated carbocycles. The third-order valence-electron chi connectivity index (χ3n) is 4.69. The molecule has 0 aromatic carbocycles. The molecule has 0 unspecified atom stereocenters. The van der Waals surface area contributed by atoms with Crippen LogP contribution in [0.1, 0.15) is 29.9 Å². The highest BCUT2D eigenvalue weighted by molar-refractivity contribution is 7.98. The predicted octanol–water partition coefficient (Wildman–Crippen LogP) is 3.66. The summed E-state index contributed by atoms with van der Waals surface area (Å²) in [6, 6.07) is 2.01. The van der Waals surface area contributed by atoms with E-state index in [1.807, 2.05) is 39.3 Å². The van der Waals surface area contributed by atoms with Gasteiger partial charge in [0.05, 0.1) is 12.6 Å². The van der Waals surface area contributed by atoms with Crippen LogP contribution in [0.15, 0.2) is 23.4 Å². The van der Waals surface area contributed by atoms with Crippen LogP contribution in [0.2, 0.25) is 18.1 Å². The van der Waals surface area contributed by atoms with E-state index in [1.54, 1.807) is 24.2 Å². The average Bonchev–Trinajstić information content (AvgIpc) is 2.52. The summed E-state index contributed by atoms with van der Waals surface area (Å²) in [4.78, 5) is 32.7. The molecule has 2 aromatic rings. The summed E-state index contributed by atoms with van der Waals surface area (Å²) in [5, 5.41) is 0.545. The van der Waals surface area contributed by atoms with Crippen LogP contribution in [-0.4, -0.2) is 42.4 Å². The van der Waals surface area contributed by atoms with E-state index in [9.17, 15) is 9.59 Å². The molecule has 24 heavy (non-hydrogen) atoms. The zero-order valence-electron chi connectivity index (χ0n) is 15.0. The normalized spacial score (nSPS) is 12.5. The lowest BCUT2D eigenvalue weighted by atomic mass is 9.98. The van der Waals surface area contributed by atoms with Gasteiger partial charge in [0.15, 0.2) is 14.0 Å². The van der Waals surface area contributed by atoms with Crippen LogP contribution in [0, 0.1) is 0 Å². The number of aromatic nitrogens is 2. The molecule has 0 fully saturated rings. The Labute approximate surface area is 148 Å². The maximum atomic E-state index is 12.2. The van der Waals surface area contributed by atoms with Gasteiger partial charge < -0.3 is 9.53 Å². The predicted molar refractivity (Wildman–Crippen MR) is 100 cm³/mol. The number of carbonyl (C=O) groups is 1. The number of pyridine rings is 2. The maximum absolute atomic E-state index is 12.2. The Hall–Kier alpha value is -1.44. The van der Waals surface area contributed by atoms with Crippen LogP contribution < -0.4 is 0 Å². The summed E-state index contributed by atoms with van der Waals surface area (Å²) in [6.07, 6.45) is 5.96. The van der Waals surface area contributed by atoms with Gasteiger partial charge in [0.1, 0.15) is 0 Å². The van der Waals surface area contributed by atoms with Crippen molar-refractivity contribution in [3.63, 3.8) is 0 Å². The van der Waals surface area contributed by atoms with Crippen molar-refractivity contribution in [3.05, 3.63) is 29.7 Å². The van der Waals surface area contributed by atoms with Gasteiger partial charge in [-0.25, -0.2) is 9.78 Å². The molecule has 130 valence electrons. The minimum Gasteiger partial charge on any atom is -0.464 e. The first-order chi connectivity index (χ1) is 11.1. The van der Waals surface area contributed by atoms with E-state index in [0.29, 0.717) is 6.42 Å². The van der Waals surface area contributed by atoms with Crippen LogP contribution in [0.5, 0.6) is 0 Å². The molecule has 2 heterocycles. The van der Waals surface area contributed by atoms with Crippen LogP contribution in [0.3, 0.4) is 0 Å². The molecule has 0 radical (unpaired) electrons. The van der Waals surface area contributed by atoms with Crippen molar-refractivity contribution < 1.29 is 14.3 Å². The molecule has 0 spiro atoms. The lowest BCUT2D eigenvalue weighted by Crippen LogP contribution is -2.40. The summed E-state index contributed by atoms with van der Waals surface area (Å²) in [7, 11) is -1.11. The molecule has 0 amide bonds. The molecule has 2 aromatic heterocycles. The first-order valence-electron chi connectivity index (χ1n) is 7.73. The number of esters is 1. The zero-order valence-corrected chi connectivity index (χ0v) is 16.8. The molecule has 0 aliphatic rings. The Kier molecular flexibility index (Phi) is 5.36. The fraction of sp³-hybridized carbons (Fsp3) is 0.471. The summed E-state index contributed by atoms with van der Waals surface area (Å²) >= 11 is 1.61. The third-order valence-corrected chi connectivity index (χ3v) is 8.87. The van der Waals surface area contributed by atoms with E-state index in [-0.39, 0.29) is 10.7 Å². The van der Waals surface area contributed by atoms with Gasteiger partial charge in [0.25, 0.3) is 0 Å². The SMILES string of the molecule is COC(=O)c1ncc2cc(SC)cnc2c1CC(C)(C)[Si](C)(C)O. The van der Waals surface area contributed by atoms with Crippen LogP contribution in [0.4, 0.5) is 0 Å². The van der Waals surface area contributed by atoms with Crippen molar-refractivity contribution in [1.29, 1.82) is 0 Å². The Bertz CT molecular complexity index is 772. The molecular weight excluding hydrogens is 340 g/mol. The van der Waals surface area contributed by atoms with Crippen molar-refractivity contribution in [2.45, 2.75) is 43.3 Å². The van der Waals surface area contributed by atoms with Crippen molar-refractivity contribution in [3.8, 4) is 0 Å². The van der Waals surface area contributed by atoms with Gasteiger partial charge >= 0.3 is 5.97 Å². The summed E-state index contributed by atoms with van der Waals surface area (Å²) in [5.41, 5.74) is 1.77. The van der Waals surface area contributed by atoms with E-state index in [4.69, 9.17) is 4.74 Å². The van der Waals surface area contributed by atoms with E-state index in [0.717, 1.165) is 21.4 Å². The standard InChI is InChI=1S/C17H24N2O3SSi/c1-17(2,24(5,6)21)8-13-14-11(7-12(23-4)10-19-14)9-18-15(13)16(20)22-3/h7,9-10,21H,8H2,1-6H3. The first kappa shape index (κ1) is 18.9. The number of nitrogens with zero attached hydrogens (tertiary/aromatic N) is 2. The number of fused-ring (bicyclic) bond motifs is 1. The van der Waals surface area contributed by atoms with Crippen LogP contribution in [-0.2, 0) is 11.2 Å². The number of carbonyl (C=O) groups excluding carboxylic acids is 1. The smallest absolute Gasteiger partial charge is 0.357 e. The van der Waals surface area contributed by atoms with Crippen LogP contribution in [0.25, 0.3) is 10.9 Å². The largest absolute Gasteiger partial charge is 0.464 e. The zero-order chi connectivity index (χ0) is 18.1. The average molecular weight is 365 g/mol. The lowest BCUT2D eigenvalue weighted by Gasteiger charge is -2.35. The summed E-state index contributed by atoms with van der Waals surface area (Å²) < 4.78 is 4.89. The van der Waals surface area contributed by atoms with E-state index >= 15 is 0 Å². The molecule has 1 N–H and O–H groups in total. The van der Waals surface area contributed by atoms with E-state index in [1.165, 1.54) is 7.11 Å². The summed E-state index contributed by atoms with van der Waals surface area (Å²) in [5.74, 6) is -0.476. The van der Waals surface area contributed by atoms with Crippen molar-refractivity contribution in [2.75, 3.05) is 13.4 Å². The van der Waals surface area contributed by atoms with Gasteiger partial charge in [0, 0.05) is 28.2 Å². The fourth-order valence-corrected chi connectivity index (χ4v) is 3.36. The number of rotatable bonds is 5. The minimum atomic E-state index is -2.45. The number of hydrogen-bond acceptors (Lipinski definition) is 6. The third kappa shape index (κ3) is 3.63. The quantitative estimate of drug-likeness (QED) is 0.496. The van der Waals surface area contributed by atoms with Gasteiger partial charge in [-0.1, -0.05) is 13.8 Å². The molecule has 0 bridgehead atoms. The monoisotopic (exact) mass is 364 g/mol. The van der Waals surface area contributed by atoms with Gasteiger partial charge in [-0.2, -0.15) is 0 Å². The Morgan fingerprint density at radius 1 is 1.33 bits per heavy atom. The molecule has 7 heteroatoms. The highest BCUT2D eigenvalue weighted by Gasteiger charge is 2.39. The highest BCUT2D eigenvalue weighted by atomic mass is 32.2. The fourth-order valence-electron chi connectivity index (χ4n) is 2.35. The number of ether oxygens (including phenoxy) is 1. The Morgan fingerprint density at radius 3 is 2.54 bits per heavy atom. The van der Waals surface area contributed by atoms with Gasteiger partial charge in [-0.05, 0) is 36.9 Å². The Balaban J connectivity index is 2.68. The molecule has 5 nitrogen and oxygen atoms in total. The maximum Gasteiger partial charge on any atom is 0.357 e. The van der Waals surface area contributed by atoms with Gasteiger partial charge in [0.2, 0.25) is 0 Å². The number of hydrogen-bond donors (Lipinski definition) is 1. The second kappa shape index (κ2) is 6.82. The van der Waals surface area contributed by atoms with Gasteiger partial charge in [-0.3, -0.25) is 4.98 Å². The Morgan fingerprint density at radius 2 is 2.00 bits per heavy atom. The lowest BCUT2D eigenvalue weighted by molar-refractivity contribution is 0.0592. The molecule has 0 aliphatic carbocycles. The molecule has 2 rings (SSSR count). The van der Waals surface area contributed by atoms with E-state index in [2.05, 4.69) is 9.97 Å². The molecule has 0 aliphatic heterocycles. The van der Waals surface area contributed by atoms with Crippen molar-refractivity contribution >= 4 is 37.0 Å². The van der Waals surface area contributed by atoms with Crippen molar-refractivity contribution in [2.24, 2.45) is 0 Å².